The van der Waals surface area contributed by atoms with Crippen molar-refractivity contribution < 1.29 is 17.6 Å². The van der Waals surface area contributed by atoms with Gasteiger partial charge in [-0.2, -0.15) is 0 Å². The predicted molar refractivity (Wildman–Crippen MR) is 107 cm³/mol. The van der Waals surface area contributed by atoms with E-state index in [4.69, 9.17) is 0 Å². The lowest BCUT2D eigenvalue weighted by Gasteiger charge is -2.26. The van der Waals surface area contributed by atoms with Gasteiger partial charge in [0.2, 0.25) is 0 Å². The van der Waals surface area contributed by atoms with Gasteiger partial charge in [-0.15, -0.1) is 0 Å². The Hall–Kier alpha value is -2.62. The molecule has 0 aliphatic heterocycles. The Morgan fingerprint density at radius 2 is 1.66 bits per heavy atom. The maximum atomic E-state index is 15.1. The summed E-state index contributed by atoms with van der Waals surface area (Å²) in [5, 5.41) is 0. The summed E-state index contributed by atoms with van der Waals surface area (Å²) in [6.45, 7) is 2.06. The molecule has 0 bridgehead atoms. The number of aryl methyl sites for hydroxylation is 1. The minimum Gasteiger partial charge on any atom is -0.207 e. The number of rotatable bonds is 4. The zero-order valence-corrected chi connectivity index (χ0v) is 16.2. The molecule has 0 saturated heterocycles. The standard InChI is InChI=1S/C25H22F4/c1-2-4-15-7-10-18(23(27)13-15)16-8-11-19-17(14-16)9-12-21(24(19)28)20-5-3-6-22(26)25(20)29/h3,5-7,9-10,12-13,16H,2,4,8,11,14H2,1H3. The fraction of sp³-hybridized carbons (Fsp3) is 0.280. The van der Waals surface area contributed by atoms with Crippen LogP contribution in [0, 0.1) is 23.3 Å². The minimum atomic E-state index is -1.05. The summed E-state index contributed by atoms with van der Waals surface area (Å²) in [6, 6.07) is 12.4. The third-order valence-electron chi connectivity index (χ3n) is 5.83. The molecule has 3 aromatic carbocycles. The van der Waals surface area contributed by atoms with Crippen molar-refractivity contribution >= 4 is 0 Å². The summed E-state index contributed by atoms with van der Waals surface area (Å²) in [6.07, 6.45) is 3.39. The second kappa shape index (κ2) is 8.02. The van der Waals surface area contributed by atoms with Gasteiger partial charge >= 0.3 is 0 Å². The minimum absolute atomic E-state index is 0.0191. The Bertz CT molecular complexity index is 1050. The van der Waals surface area contributed by atoms with Crippen molar-refractivity contribution in [1.29, 1.82) is 0 Å². The molecule has 0 aromatic heterocycles. The molecular weight excluding hydrogens is 376 g/mol. The van der Waals surface area contributed by atoms with Crippen LogP contribution >= 0.6 is 0 Å². The van der Waals surface area contributed by atoms with E-state index < -0.39 is 17.5 Å². The van der Waals surface area contributed by atoms with Crippen molar-refractivity contribution in [3.63, 3.8) is 0 Å². The molecule has 0 amide bonds. The van der Waals surface area contributed by atoms with E-state index in [0.717, 1.165) is 30.0 Å². The molecule has 1 aliphatic carbocycles. The Balaban J connectivity index is 1.65. The van der Waals surface area contributed by atoms with E-state index in [0.29, 0.717) is 30.4 Å². The van der Waals surface area contributed by atoms with Crippen LogP contribution in [0.3, 0.4) is 0 Å². The molecule has 1 aliphatic rings. The van der Waals surface area contributed by atoms with Crippen LogP contribution in [0.4, 0.5) is 17.6 Å². The highest BCUT2D eigenvalue weighted by Crippen LogP contribution is 2.38. The molecule has 4 rings (SSSR count). The van der Waals surface area contributed by atoms with Gasteiger partial charge in [0, 0.05) is 11.1 Å². The van der Waals surface area contributed by atoms with Crippen LogP contribution < -0.4 is 0 Å². The van der Waals surface area contributed by atoms with Crippen LogP contribution in [0.1, 0.15) is 47.9 Å². The zero-order valence-electron chi connectivity index (χ0n) is 16.2. The summed E-state index contributed by atoms with van der Waals surface area (Å²) in [7, 11) is 0. The lowest BCUT2D eigenvalue weighted by Crippen LogP contribution is -2.16. The van der Waals surface area contributed by atoms with Crippen molar-refractivity contribution in [2.75, 3.05) is 0 Å². The van der Waals surface area contributed by atoms with E-state index in [2.05, 4.69) is 6.92 Å². The molecule has 0 spiro atoms. The predicted octanol–water partition coefficient (Wildman–Crippen LogP) is 7.14. The number of halogens is 4. The van der Waals surface area contributed by atoms with Crippen LogP contribution in [-0.2, 0) is 19.3 Å². The SMILES string of the molecule is CCCc1ccc(C2CCc3c(ccc(-c4cccc(F)c4F)c3F)C2)c(F)c1. The Kier molecular flexibility index (Phi) is 5.44. The molecule has 29 heavy (non-hydrogen) atoms. The molecule has 150 valence electrons. The lowest BCUT2D eigenvalue weighted by atomic mass is 9.78. The summed E-state index contributed by atoms with van der Waals surface area (Å²) < 4.78 is 57.5. The highest BCUT2D eigenvalue weighted by molar-refractivity contribution is 5.67. The van der Waals surface area contributed by atoms with Crippen molar-refractivity contribution in [2.45, 2.75) is 44.9 Å². The maximum absolute atomic E-state index is 15.1. The highest BCUT2D eigenvalue weighted by atomic mass is 19.2. The molecule has 1 unspecified atom stereocenters. The molecule has 3 aromatic rings. The number of benzene rings is 3. The summed E-state index contributed by atoms with van der Waals surface area (Å²) in [5.74, 6) is -2.78. The molecule has 0 N–H and O–H groups in total. The second-order valence-electron chi connectivity index (χ2n) is 7.71. The van der Waals surface area contributed by atoms with Gasteiger partial charge in [-0.05, 0) is 66.0 Å². The normalized spacial score (nSPS) is 16.0. The molecule has 0 fully saturated rings. The van der Waals surface area contributed by atoms with Gasteiger partial charge in [0.05, 0.1) is 0 Å². The average Bonchev–Trinajstić information content (AvgIpc) is 2.71. The molecule has 0 saturated carbocycles. The summed E-state index contributed by atoms with van der Waals surface area (Å²) >= 11 is 0. The van der Waals surface area contributed by atoms with Crippen molar-refractivity contribution in [3.8, 4) is 11.1 Å². The zero-order chi connectivity index (χ0) is 20.5. The highest BCUT2D eigenvalue weighted by Gasteiger charge is 2.26. The maximum Gasteiger partial charge on any atom is 0.166 e. The topological polar surface area (TPSA) is 0 Å². The lowest BCUT2D eigenvalue weighted by molar-refractivity contribution is 0.506. The van der Waals surface area contributed by atoms with E-state index in [-0.39, 0.29) is 22.9 Å². The van der Waals surface area contributed by atoms with Crippen LogP contribution in [0.2, 0.25) is 0 Å². The van der Waals surface area contributed by atoms with E-state index >= 15 is 4.39 Å². The van der Waals surface area contributed by atoms with E-state index in [1.165, 1.54) is 18.2 Å². The fourth-order valence-electron chi connectivity index (χ4n) is 4.34. The van der Waals surface area contributed by atoms with Gasteiger partial charge in [-0.1, -0.05) is 49.7 Å². The number of fused-ring (bicyclic) bond motifs is 1. The summed E-state index contributed by atoms with van der Waals surface area (Å²) in [4.78, 5) is 0. The fourth-order valence-corrected chi connectivity index (χ4v) is 4.34. The Morgan fingerprint density at radius 1 is 0.862 bits per heavy atom. The first-order valence-corrected chi connectivity index (χ1v) is 10.0. The quantitative estimate of drug-likeness (QED) is 0.410. The average molecular weight is 398 g/mol. The van der Waals surface area contributed by atoms with Crippen molar-refractivity contribution in [1.82, 2.24) is 0 Å². The van der Waals surface area contributed by atoms with Crippen LogP contribution in [-0.4, -0.2) is 0 Å². The molecule has 1 atom stereocenters. The molecule has 0 nitrogen and oxygen atoms in total. The summed E-state index contributed by atoms with van der Waals surface area (Å²) in [5.41, 5.74) is 2.95. The van der Waals surface area contributed by atoms with Gasteiger partial charge in [-0.25, -0.2) is 17.6 Å². The first-order chi connectivity index (χ1) is 14.0. The van der Waals surface area contributed by atoms with Gasteiger partial charge in [-0.3, -0.25) is 0 Å². The first kappa shape index (κ1) is 19.7. The second-order valence-corrected chi connectivity index (χ2v) is 7.71. The molecule has 0 heterocycles. The van der Waals surface area contributed by atoms with Gasteiger partial charge in [0.15, 0.2) is 11.6 Å². The van der Waals surface area contributed by atoms with E-state index in [9.17, 15) is 13.2 Å². The molecule has 0 radical (unpaired) electrons. The number of hydrogen-bond acceptors (Lipinski definition) is 0. The number of hydrogen-bond donors (Lipinski definition) is 0. The van der Waals surface area contributed by atoms with Gasteiger partial charge in [0.1, 0.15) is 11.6 Å². The third-order valence-corrected chi connectivity index (χ3v) is 5.83. The van der Waals surface area contributed by atoms with E-state index in [1.54, 1.807) is 12.1 Å². The van der Waals surface area contributed by atoms with Gasteiger partial charge < -0.3 is 0 Å². The third kappa shape index (κ3) is 3.68. The van der Waals surface area contributed by atoms with Gasteiger partial charge in [0.25, 0.3) is 0 Å². The Labute approximate surface area is 168 Å². The van der Waals surface area contributed by atoms with Crippen LogP contribution in [0.25, 0.3) is 11.1 Å². The smallest absolute Gasteiger partial charge is 0.166 e. The van der Waals surface area contributed by atoms with Crippen LogP contribution in [0.15, 0.2) is 48.5 Å². The van der Waals surface area contributed by atoms with Crippen molar-refractivity contribution in [3.05, 3.63) is 94.1 Å². The van der Waals surface area contributed by atoms with Crippen molar-refractivity contribution in [2.24, 2.45) is 0 Å². The van der Waals surface area contributed by atoms with E-state index in [1.807, 2.05) is 12.1 Å². The van der Waals surface area contributed by atoms with Crippen LogP contribution in [0.5, 0.6) is 0 Å². The monoisotopic (exact) mass is 398 g/mol. The molecular formula is C25H22F4. The largest absolute Gasteiger partial charge is 0.207 e. The first-order valence-electron chi connectivity index (χ1n) is 10.0. The Morgan fingerprint density at radius 3 is 2.41 bits per heavy atom. The molecule has 4 heteroatoms.